The molecule has 0 bridgehead atoms. The van der Waals surface area contributed by atoms with Gasteiger partial charge in [-0.3, -0.25) is 9.78 Å². The van der Waals surface area contributed by atoms with Crippen molar-refractivity contribution in [2.24, 2.45) is 0 Å². The topological polar surface area (TPSA) is 198 Å². The standard InChI is InChI=1S/C20H26FN3O10/c1-10(21)5-12-8-23(18(29)22-17(12)28)20(31)19(30,16(27)15(9-25)34-20)24(32)7-11-3-4-13(26)14(6-11)33-2/h3-4,6,8,10,15-16,25-27,30-32H,5,7,9H2,1-2H3,(H,22,28,29)/t10?,15-,16-,19-,20+/m1/s1. The minimum absolute atomic E-state index is 0.0199. The van der Waals surface area contributed by atoms with E-state index in [0.717, 1.165) is 13.1 Å². The number of hydrogen-bond donors (Lipinski definition) is 7. The highest BCUT2D eigenvalue weighted by Gasteiger charge is 2.70. The van der Waals surface area contributed by atoms with E-state index >= 15 is 0 Å². The Morgan fingerprint density at radius 2 is 2.03 bits per heavy atom. The molecular formula is C20H26FN3O10. The van der Waals surface area contributed by atoms with Crippen LogP contribution >= 0.6 is 0 Å². The van der Waals surface area contributed by atoms with Crippen LogP contribution in [-0.2, 0) is 23.6 Å². The van der Waals surface area contributed by atoms with Gasteiger partial charge in [-0.25, -0.2) is 13.8 Å². The van der Waals surface area contributed by atoms with Crippen LogP contribution in [-0.4, -0.2) is 83.2 Å². The number of ether oxygens (including phenoxy) is 2. The Morgan fingerprint density at radius 3 is 2.62 bits per heavy atom. The second-order valence-electron chi connectivity index (χ2n) is 7.95. The molecule has 0 spiro atoms. The Kier molecular flexibility index (Phi) is 7.14. The first kappa shape index (κ1) is 25.8. The summed E-state index contributed by atoms with van der Waals surface area (Å²) in [7, 11) is 1.28. The Morgan fingerprint density at radius 1 is 1.35 bits per heavy atom. The van der Waals surface area contributed by atoms with E-state index in [-0.39, 0.29) is 32.3 Å². The monoisotopic (exact) mass is 487 g/mol. The number of halogens is 1. The number of aromatic amines is 1. The highest BCUT2D eigenvalue weighted by molar-refractivity contribution is 5.41. The number of benzene rings is 1. The number of hydrogen-bond acceptors (Lipinski definition) is 11. The minimum Gasteiger partial charge on any atom is -0.504 e. The first-order chi connectivity index (χ1) is 15.9. The molecule has 1 aliphatic heterocycles. The van der Waals surface area contributed by atoms with Crippen molar-refractivity contribution in [3.8, 4) is 11.5 Å². The number of methoxy groups -OCH3 is 1. The van der Waals surface area contributed by atoms with Crippen LogP contribution in [0.25, 0.3) is 0 Å². The lowest BCUT2D eigenvalue weighted by Crippen LogP contribution is -2.68. The van der Waals surface area contributed by atoms with Crippen molar-refractivity contribution in [1.29, 1.82) is 0 Å². The molecule has 1 aromatic heterocycles. The number of alkyl halides is 1. The van der Waals surface area contributed by atoms with E-state index in [9.17, 15) is 44.7 Å². The van der Waals surface area contributed by atoms with Crippen LogP contribution in [0.2, 0.25) is 0 Å². The van der Waals surface area contributed by atoms with E-state index < -0.39 is 60.8 Å². The largest absolute Gasteiger partial charge is 0.504 e. The molecule has 0 radical (unpaired) electrons. The highest BCUT2D eigenvalue weighted by atomic mass is 19.1. The first-order valence-corrected chi connectivity index (χ1v) is 10.1. The molecule has 1 aliphatic rings. The summed E-state index contributed by atoms with van der Waals surface area (Å²) in [6, 6.07) is 3.86. The Labute approximate surface area is 191 Å². The van der Waals surface area contributed by atoms with Crippen LogP contribution < -0.4 is 16.0 Å². The van der Waals surface area contributed by atoms with E-state index in [4.69, 9.17) is 9.47 Å². The van der Waals surface area contributed by atoms with Gasteiger partial charge < -0.3 is 40.2 Å². The van der Waals surface area contributed by atoms with Crippen molar-refractivity contribution in [2.45, 2.75) is 49.9 Å². The van der Waals surface area contributed by atoms with Crippen molar-refractivity contribution in [3.05, 3.63) is 56.4 Å². The fourth-order valence-corrected chi connectivity index (χ4v) is 3.80. The lowest BCUT2D eigenvalue weighted by Gasteiger charge is -2.42. The Balaban J connectivity index is 2.12. The number of aromatic hydroxyl groups is 1. The number of rotatable bonds is 8. The van der Waals surface area contributed by atoms with Gasteiger partial charge in [-0.15, -0.1) is 5.06 Å². The van der Waals surface area contributed by atoms with Crippen LogP contribution in [0.4, 0.5) is 4.39 Å². The smallest absolute Gasteiger partial charge is 0.332 e. The predicted molar refractivity (Wildman–Crippen MR) is 111 cm³/mol. The van der Waals surface area contributed by atoms with Gasteiger partial charge in [0.1, 0.15) is 18.4 Å². The van der Waals surface area contributed by atoms with E-state index in [1.807, 2.05) is 4.98 Å². The molecule has 3 rings (SSSR count). The quantitative estimate of drug-likeness (QED) is 0.162. The van der Waals surface area contributed by atoms with E-state index in [1.165, 1.54) is 25.3 Å². The number of aliphatic hydroxyl groups is 4. The van der Waals surface area contributed by atoms with Gasteiger partial charge in [0.25, 0.3) is 5.56 Å². The van der Waals surface area contributed by atoms with Crippen molar-refractivity contribution in [2.75, 3.05) is 13.7 Å². The van der Waals surface area contributed by atoms with E-state index in [0.29, 0.717) is 0 Å². The first-order valence-electron chi connectivity index (χ1n) is 10.1. The summed E-state index contributed by atoms with van der Waals surface area (Å²) in [4.78, 5) is 26.4. The molecule has 5 atom stereocenters. The number of nitrogens with one attached hydrogen (secondary N) is 1. The zero-order valence-corrected chi connectivity index (χ0v) is 18.3. The molecule has 13 nitrogen and oxygen atoms in total. The number of H-pyrrole nitrogens is 1. The SMILES string of the molecule is COc1cc(CN(O)[C@@]2(O)[C@H](O)[C@@H](CO)O[C@]2(O)n2cc(CC(C)F)c(=O)[nH]c2=O)ccc1O. The lowest BCUT2D eigenvalue weighted by atomic mass is 10.00. The number of phenols is 1. The molecule has 34 heavy (non-hydrogen) atoms. The minimum atomic E-state index is -3.26. The maximum atomic E-state index is 13.5. The summed E-state index contributed by atoms with van der Waals surface area (Å²) in [6.45, 7) is -0.404. The summed E-state index contributed by atoms with van der Waals surface area (Å²) in [5.41, 5.74) is -5.54. The molecule has 1 saturated heterocycles. The molecule has 1 fully saturated rings. The van der Waals surface area contributed by atoms with Gasteiger partial charge in [-0.2, -0.15) is 0 Å². The summed E-state index contributed by atoms with van der Waals surface area (Å²) < 4.78 is 24.0. The maximum Gasteiger partial charge on any atom is 0.332 e. The summed E-state index contributed by atoms with van der Waals surface area (Å²) in [5, 5.41) is 63.5. The molecule has 1 aromatic carbocycles. The molecule has 188 valence electrons. The maximum absolute atomic E-state index is 13.5. The second-order valence-corrected chi connectivity index (χ2v) is 7.95. The third kappa shape index (κ3) is 4.20. The van der Waals surface area contributed by atoms with Gasteiger partial charge >= 0.3 is 11.6 Å². The molecule has 0 amide bonds. The summed E-state index contributed by atoms with van der Waals surface area (Å²) >= 11 is 0. The average molecular weight is 487 g/mol. The van der Waals surface area contributed by atoms with Crippen LogP contribution in [0.1, 0.15) is 18.1 Å². The Hall–Kier alpha value is -2.85. The summed E-state index contributed by atoms with van der Waals surface area (Å²) in [6.07, 6.45) is -5.13. The van der Waals surface area contributed by atoms with Gasteiger partial charge in [0.05, 0.1) is 20.3 Å². The van der Waals surface area contributed by atoms with Crippen molar-refractivity contribution in [1.82, 2.24) is 14.6 Å². The predicted octanol–water partition coefficient (Wildman–Crippen LogP) is -1.91. The number of phenolic OH excluding ortho intramolecular Hbond substituents is 1. The average Bonchev–Trinajstić information content (AvgIpc) is 2.98. The third-order valence-corrected chi connectivity index (χ3v) is 5.55. The van der Waals surface area contributed by atoms with Crippen LogP contribution in [0, 0.1) is 0 Å². The molecule has 0 aliphatic carbocycles. The van der Waals surface area contributed by atoms with Crippen LogP contribution in [0.3, 0.4) is 0 Å². The van der Waals surface area contributed by atoms with Crippen molar-refractivity contribution < 1.29 is 44.6 Å². The normalized spacial score (nSPS) is 27.8. The number of hydroxylamine groups is 2. The zero-order chi connectivity index (χ0) is 25.4. The van der Waals surface area contributed by atoms with Gasteiger partial charge in [0, 0.05) is 18.2 Å². The number of aliphatic hydroxyl groups excluding tert-OH is 2. The third-order valence-electron chi connectivity index (χ3n) is 5.55. The van der Waals surface area contributed by atoms with Gasteiger partial charge in [-0.05, 0) is 24.6 Å². The number of nitrogens with zero attached hydrogens (tertiary/aromatic N) is 2. The van der Waals surface area contributed by atoms with Gasteiger partial charge in [-0.1, -0.05) is 6.07 Å². The molecule has 1 unspecified atom stereocenters. The molecule has 0 saturated carbocycles. The number of aromatic nitrogens is 2. The Bertz CT molecular complexity index is 1150. The van der Waals surface area contributed by atoms with Gasteiger partial charge in [0.2, 0.25) is 5.72 Å². The summed E-state index contributed by atoms with van der Waals surface area (Å²) in [5.74, 6) is -3.46. The molecule has 7 N–H and O–H groups in total. The van der Waals surface area contributed by atoms with Crippen LogP contribution in [0.15, 0.2) is 34.0 Å². The molecule has 2 aromatic rings. The van der Waals surface area contributed by atoms with Crippen molar-refractivity contribution >= 4 is 0 Å². The van der Waals surface area contributed by atoms with E-state index in [1.54, 1.807) is 0 Å². The highest BCUT2D eigenvalue weighted by Crippen LogP contribution is 2.43. The fraction of sp³-hybridized carbons (Fsp3) is 0.500. The molecule has 14 heteroatoms. The zero-order valence-electron chi connectivity index (χ0n) is 18.3. The second kappa shape index (κ2) is 9.42. The van der Waals surface area contributed by atoms with E-state index in [2.05, 4.69) is 0 Å². The lowest BCUT2D eigenvalue weighted by molar-refractivity contribution is -0.413. The molecule has 2 heterocycles. The molecular weight excluding hydrogens is 461 g/mol. The van der Waals surface area contributed by atoms with Gasteiger partial charge in [0.15, 0.2) is 11.5 Å². The van der Waals surface area contributed by atoms with Crippen molar-refractivity contribution in [3.63, 3.8) is 0 Å². The fourth-order valence-electron chi connectivity index (χ4n) is 3.80. The van der Waals surface area contributed by atoms with Crippen LogP contribution in [0.5, 0.6) is 11.5 Å².